The molecule has 0 aliphatic carbocycles. The fraction of sp³-hybridized carbons (Fsp3) is 0.667. The van der Waals surface area contributed by atoms with Crippen molar-refractivity contribution in [2.45, 2.75) is 20.0 Å². The van der Waals surface area contributed by atoms with E-state index in [0.717, 1.165) is 0 Å². The third-order valence-corrected chi connectivity index (χ3v) is 0.908. The number of hydrogen-bond acceptors (Lipinski definition) is 3. The predicted molar refractivity (Wildman–Crippen MR) is 37.3 cm³/mol. The fourth-order valence-electron chi connectivity index (χ4n) is 0.556. The highest BCUT2D eigenvalue weighted by Crippen LogP contribution is 1.88. The average Bonchev–Trinajstić information content (AvgIpc) is 1.82. The van der Waals surface area contributed by atoms with Crippen LogP contribution in [0.3, 0.4) is 0 Å². The SMILES string of the molecule is CC(=O)O[C@H](C)CNC(=O)O. The lowest BCUT2D eigenvalue weighted by Crippen LogP contribution is -2.31. The maximum Gasteiger partial charge on any atom is 0.404 e. The van der Waals surface area contributed by atoms with Crippen LogP contribution >= 0.6 is 0 Å². The molecule has 0 fully saturated rings. The zero-order valence-corrected chi connectivity index (χ0v) is 6.46. The number of hydrogen-bond donors (Lipinski definition) is 2. The van der Waals surface area contributed by atoms with Gasteiger partial charge in [-0.15, -0.1) is 0 Å². The van der Waals surface area contributed by atoms with Crippen LogP contribution in [-0.2, 0) is 9.53 Å². The van der Waals surface area contributed by atoms with Crippen LogP contribution in [0, 0.1) is 0 Å². The first-order chi connectivity index (χ1) is 5.02. The van der Waals surface area contributed by atoms with Crippen LogP contribution in [-0.4, -0.2) is 29.8 Å². The summed E-state index contributed by atoms with van der Waals surface area (Å²) in [5, 5.41) is 10.2. The van der Waals surface area contributed by atoms with Gasteiger partial charge in [-0.1, -0.05) is 0 Å². The van der Waals surface area contributed by atoms with E-state index in [4.69, 9.17) is 5.11 Å². The molecule has 5 nitrogen and oxygen atoms in total. The topological polar surface area (TPSA) is 75.6 Å². The van der Waals surface area contributed by atoms with Gasteiger partial charge in [0.15, 0.2) is 0 Å². The second kappa shape index (κ2) is 4.54. The first-order valence-corrected chi connectivity index (χ1v) is 3.16. The highest BCUT2D eigenvalue weighted by molar-refractivity contribution is 5.66. The molecule has 0 heterocycles. The van der Waals surface area contributed by atoms with Gasteiger partial charge in [0.25, 0.3) is 0 Å². The summed E-state index contributed by atoms with van der Waals surface area (Å²) in [5.41, 5.74) is 0. The lowest BCUT2D eigenvalue weighted by Gasteiger charge is -2.10. The van der Waals surface area contributed by atoms with Gasteiger partial charge in [-0.05, 0) is 6.92 Å². The molecule has 0 spiro atoms. The molecule has 0 saturated carbocycles. The lowest BCUT2D eigenvalue weighted by atomic mass is 10.4. The van der Waals surface area contributed by atoms with Gasteiger partial charge in [0.05, 0.1) is 6.54 Å². The summed E-state index contributed by atoms with van der Waals surface area (Å²) >= 11 is 0. The van der Waals surface area contributed by atoms with Crippen molar-refractivity contribution in [3.8, 4) is 0 Å². The van der Waals surface area contributed by atoms with Crippen LogP contribution in [0.1, 0.15) is 13.8 Å². The second-order valence-corrected chi connectivity index (χ2v) is 2.11. The van der Waals surface area contributed by atoms with Crippen molar-refractivity contribution < 1.29 is 19.4 Å². The number of amides is 1. The molecule has 1 atom stereocenters. The molecule has 0 bridgehead atoms. The third kappa shape index (κ3) is 6.63. The van der Waals surface area contributed by atoms with Gasteiger partial charge in [0.2, 0.25) is 0 Å². The van der Waals surface area contributed by atoms with E-state index in [1.165, 1.54) is 6.92 Å². The number of esters is 1. The highest BCUT2D eigenvalue weighted by Gasteiger charge is 2.05. The summed E-state index contributed by atoms with van der Waals surface area (Å²) in [7, 11) is 0. The smallest absolute Gasteiger partial charge is 0.404 e. The molecule has 0 aromatic rings. The molecule has 2 N–H and O–H groups in total. The van der Waals surface area contributed by atoms with E-state index >= 15 is 0 Å². The first-order valence-electron chi connectivity index (χ1n) is 3.16. The van der Waals surface area contributed by atoms with Crippen LogP contribution in [0.25, 0.3) is 0 Å². The van der Waals surface area contributed by atoms with Crippen molar-refractivity contribution >= 4 is 12.1 Å². The van der Waals surface area contributed by atoms with E-state index in [-0.39, 0.29) is 6.54 Å². The highest BCUT2D eigenvalue weighted by atomic mass is 16.5. The van der Waals surface area contributed by atoms with Crippen LogP contribution in [0.4, 0.5) is 4.79 Å². The number of carboxylic acid groups (broad SMARTS) is 1. The van der Waals surface area contributed by atoms with E-state index in [1.54, 1.807) is 6.92 Å². The Morgan fingerprint density at radius 3 is 2.55 bits per heavy atom. The van der Waals surface area contributed by atoms with Gasteiger partial charge in [-0.2, -0.15) is 0 Å². The Kier molecular flexibility index (Phi) is 4.02. The summed E-state index contributed by atoms with van der Waals surface area (Å²) in [6, 6.07) is 0. The molecule has 0 saturated heterocycles. The van der Waals surface area contributed by atoms with Crippen molar-refractivity contribution in [2.24, 2.45) is 0 Å². The molecule has 0 rings (SSSR count). The minimum Gasteiger partial charge on any atom is -0.465 e. The fourth-order valence-corrected chi connectivity index (χ4v) is 0.556. The van der Waals surface area contributed by atoms with E-state index in [1.807, 2.05) is 0 Å². The normalized spacial score (nSPS) is 11.8. The molecular formula is C6H11NO4. The summed E-state index contributed by atoms with van der Waals surface area (Å²) in [5.74, 6) is -0.412. The van der Waals surface area contributed by atoms with Crippen LogP contribution in [0.2, 0.25) is 0 Å². The maximum absolute atomic E-state index is 10.3. The van der Waals surface area contributed by atoms with Crippen molar-refractivity contribution in [2.75, 3.05) is 6.54 Å². The first kappa shape index (κ1) is 9.74. The minimum absolute atomic E-state index is 0.120. The molecular weight excluding hydrogens is 150 g/mol. The van der Waals surface area contributed by atoms with E-state index in [9.17, 15) is 9.59 Å². The quantitative estimate of drug-likeness (QED) is 0.580. The van der Waals surface area contributed by atoms with Gasteiger partial charge in [-0.3, -0.25) is 4.79 Å². The molecule has 1 amide bonds. The summed E-state index contributed by atoms with van der Waals surface area (Å²) in [6.45, 7) is 3.00. The molecule has 0 aliphatic heterocycles. The minimum atomic E-state index is -1.12. The van der Waals surface area contributed by atoms with Gasteiger partial charge >= 0.3 is 12.1 Å². The molecule has 5 heteroatoms. The summed E-state index contributed by atoms with van der Waals surface area (Å²) < 4.78 is 4.64. The van der Waals surface area contributed by atoms with Crippen LogP contribution in [0.5, 0.6) is 0 Å². The van der Waals surface area contributed by atoms with Gasteiger partial charge in [0, 0.05) is 6.92 Å². The molecule has 64 valence electrons. The van der Waals surface area contributed by atoms with Gasteiger partial charge in [0.1, 0.15) is 6.10 Å². The van der Waals surface area contributed by atoms with Gasteiger partial charge < -0.3 is 15.2 Å². The van der Waals surface area contributed by atoms with E-state index in [2.05, 4.69) is 10.1 Å². The van der Waals surface area contributed by atoms with Crippen LogP contribution < -0.4 is 5.32 Å². The Labute approximate surface area is 64.3 Å². The number of ether oxygens (including phenoxy) is 1. The Morgan fingerprint density at radius 2 is 2.18 bits per heavy atom. The molecule has 0 unspecified atom stereocenters. The van der Waals surface area contributed by atoms with E-state index in [0.29, 0.717) is 0 Å². The van der Waals surface area contributed by atoms with Gasteiger partial charge in [-0.25, -0.2) is 4.79 Å². The largest absolute Gasteiger partial charge is 0.465 e. The van der Waals surface area contributed by atoms with Crippen LogP contribution in [0.15, 0.2) is 0 Å². The Bertz CT molecular complexity index is 157. The standard InChI is InChI=1S/C6H11NO4/c1-4(11-5(2)8)3-7-6(9)10/h4,7H,3H2,1-2H3,(H,9,10)/t4-/m1/s1. The number of rotatable bonds is 3. The zero-order valence-electron chi connectivity index (χ0n) is 6.46. The van der Waals surface area contributed by atoms with E-state index < -0.39 is 18.2 Å². The molecule has 11 heavy (non-hydrogen) atoms. The molecule has 0 radical (unpaired) electrons. The lowest BCUT2D eigenvalue weighted by molar-refractivity contribution is -0.145. The average molecular weight is 161 g/mol. The second-order valence-electron chi connectivity index (χ2n) is 2.11. The zero-order chi connectivity index (χ0) is 8.85. The number of nitrogens with one attached hydrogen (secondary N) is 1. The third-order valence-electron chi connectivity index (χ3n) is 0.908. The Balaban J connectivity index is 3.44. The molecule has 0 aromatic carbocycles. The summed E-state index contributed by atoms with van der Waals surface area (Å²) in [4.78, 5) is 20.2. The molecule has 0 aliphatic rings. The Hall–Kier alpha value is -1.26. The predicted octanol–water partition coefficient (Wildman–Crippen LogP) is 0.206. The van der Waals surface area contributed by atoms with Crippen molar-refractivity contribution in [3.63, 3.8) is 0 Å². The van der Waals surface area contributed by atoms with Crippen molar-refractivity contribution in [1.82, 2.24) is 5.32 Å². The number of carbonyl (C=O) groups excluding carboxylic acids is 1. The van der Waals surface area contributed by atoms with Crippen molar-refractivity contribution in [3.05, 3.63) is 0 Å². The maximum atomic E-state index is 10.3. The molecule has 0 aromatic heterocycles. The Morgan fingerprint density at radius 1 is 1.64 bits per heavy atom. The van der Waals surface area contributed by atoms with Crippen molar-refractivity contribution in [1.29, 1.82) is 0 Å². The summed E-state index contributed by atoms with van der Waals surface area (Å²) in [6.07, 6.45) is -1.53. The monoisotopic (exact) mass is 161 g/mol. The number of carbonyl (C=O) groups is 2.